The minimum absolute atomic E-state index is 0.0266. The number of carbonyl (C=O) groups is 1. The van der Waals surface area contributed by atoms with Gasteiger partial charge in [-0.1, -0.05) is 0 Å². The Kier molecular flexibility index (Phi) is 5.81. The minimum Gasteiger partial charge on any atom is -0.383 e. The second-order valence-corrected chi connectivity index (χ2v) is 6.83. The largest absolute Gasteiger partial charge is 0.383 e. The summed E-state index contributed by atoms with van der Waals surface area (Å²) in [5, 5.41) is 0. The van der Waals surface area contributed by atoms with Gasteiger partial charge in [-0.2, -0.15) is 0 Å². The molecule has 0 unspecified atom stereocenters. The summed E-state index contributed by atoms with van der Waals surface area (Å²) in [7, 11) is 3.45. The first kappa shape index (κ1) is 17.9. The summed E-state index contributed by atoms with van der Waals surface area (Å²) in [6, 6.07) is 0.725. The van der Waals surface area contributed by atoms with Gasteiger partial charge in [0, 0.05) is 58.0 Å². The Hall–Kier alpha value is -1.40. The first-order valence-electron chi connectivity index (χ1n) is 8.45. The number of hydrogen-bond acceptors (Lipinski definition) is 4. The number of fused-ring (bicyclic) bond motifs is 1. The first-order chi connectivity index (χ1) is 10.9. The van der Waals surface area contributed by atoms with Crippen LogP contribution in [0.2, 0.25) is 0 Å². The molecule has 0 fully saturated rings. The molecule has 1 aliphatic rings. The van der Waals surface area contributed by atoms with Crippen LogP contribution in [0.15, 0.2) is 0 Å². The van der Waals surface area contributed by atoms with Crippen LogP contribution in [-0.2, 0) is 17.7 Å². The van der Waals surface area contributed by atoms with Crippen LogP contribution in [-0.4, -0.2) is 65.2 Å². The van der Waals surface area contributed by atoms with Crippen molar-refractivity contribution >= 4 is 5.91 Å². The van der Waals surface area contributed by atoms with Crippen LogP contribution < -0.4 is 0 Å². The number of nitrogens with zero attached hydrogens (tertiary/aromatic N) is 4. The Labute approximate surface area is 139 Å². The highest BCUT2D eigenvalue weighted by molar-refractivity contribution is 5.91. The maximum atomic E-state index is 12.8. The summed E-state index contributed by atoms with van der Waals surface area (Å²) in [6.07, 6.45) is 0.952. The van der Waals surface area contributed by atoms with E-state index in [9.17, 15) is 4.79 Å². The Morgan fingerprint density at radius 1 is 1.30 bits per heavy atom. The molecular formula is C17H30N4O2. The molecular weight excluding hydrogens is 292 g/mol. The third kappa shape index (κ3) is 3.75. The summed E-state index contributed by atoms with van der Waals surface area (Å²) in [6.45, 7) is 11.6. The topological polar surface area (TPSA) is 50.6 Å². The number of amides is 1. The van der Waals surface area contributed by atoms with Gasteiger partial charge in [-0.25, -0.2) is 4.98 Å². The van der Waals surface area contributed by atoms with E-state index in [0.717, 1.165) is 25.2 Å². The molecule has 0 N–H and O–H groups in total. The number of imidazole rings is 1. The van der Waals surface area contributed by atoms with Crippen LogP contribution in [0.25, 0.3) is 0 Å². The fourth-order valence-corrected chi connectivity index (χ4v) is 3.07. The van der Waals surface area contributed by atoms with Crippen molar-refractivity contribution in [2.45, 2.75) is 52.7 Å². The molecule has 0 saturated carbocycles. The molecule has 0 saturated heterocycles. The highest BCUT2D eigenvalue weighted by Gasteiger charge is 2.29. The van der Waals surface area contributed by atoms with E-state index in [1.54, 1.807) is 19.1 Å². The summed E-state index contributed by atoms with van der Waals surface area (Å²) in [4.78, 5) is 21.6. The van der Waals surface area contributed by atoms with Crippen molar-refractivity contribution in [3.8, 4) is 0 Å². The molecule has 1 amide bonds. The van der Waals surface area contributed by atoms with E-state index in [2.05, 4.69) is 37.2 Å². The van der Waals surface area contributed by atoms with Crippen molar-refractivity contribution in [3.63, 3.8) is 0 Å². The number of aromatic nitrogens is 2. The van der Waals surface area contributed by atoms with Crippen LogP contribution >= 0.6 is 0 Å². The van der Waals surface area contributed by atoms with Crippen LogP contribution in [0.5, 0.6) is 0 Å². The number of rotatable bonds is 6. The molecule has 0 radical (unpaired) electrons. The Balaban J connectivity index is 2.32. The van der Waals surface area contributed by atoms with Crippen molar-refractivity contribution < 1.29 is 9.53 Å². The van der Waals surface area contributed by atoms with E-state index in [1.165, 1.54) is 5.69 Å². The minimum atomic E-state index is -0.0266. The van der Waals surface area contributed by atoms with Crippen molar-refractivity contribution in [3.05, 3.63) is 17.2 Å². The van der Waals surface area contributed by atoms with E-state index < -0.39 is 0 Å². The van der Waals surface area contributed by atoms with Crippen LogP contribution in [0.4, 0.5) is 0 Å². The second-order valence-electron chi connectivity index (χ2n) is 6.83. The van der Waals surface area contributed by atoms with Gasteiger partial charge in [0.1, 0.15) is 0 Å². The number of methoxy groups -OCH3 is 1. The Morgan fingerprint density at radius 2 is 2.00 bits per heavy atom. The molecule has 0 atom stereocenters. The molecule has 0 bridgehead atoms. The molecule has 0 aromatic carbocycles. The van der Waals surface area contributed by atoms with Crippen LogP contribution in [0.3, 0.4) is 0 Å². The van der Waals surface area contributed by atoms with Crippen molar-refractivity contribution in [1.82, 2.24) is 19.4 Å². The Morgan fingerprint density at radius 3 is 2.57 bits per heavy atom. The number of hydrogen-bond donors (Lipinski definition) is 0. The predicted molar refractivity (Wildman–Crippen MR) is 90.7 cm³/mol. The zero-order chi connectivity index (χ0) is 17.1. The second kappa shape index (κ2) is 7.45. The summed E-state index contributed by atoms with van der Waals surface area (Å²) < 4.78 is 7.19. The first-order valence-corrected chi connectivity index (χ1v) is 8.45. The van der Waals surface area contributed by atoms with Gasteiger partial charge in [-0.05, 0) is 27.7 Å². The summed E-state index contributed by atoms with van der Waals surface area (Å²) in [5.41, 5.74) is 2.28. The average molecular weight is 322 g/mol. The zero-order valence-electron chi connectivity index (χ0n) is 15.3. The van der Waals surface area contributed by atoms with Gasteiger partial charge in [-0.15, -0.1) is 0 Å². The molecule has 6 heteroatoms. The fourth-order valence-electron chi connectivity index (χ4n) is 3.07. The van der Waals surface area contributed by atoms with Crippen LogP contribution in [0.1, 0.15) is 55.7 Å². The highest BCUT2D eigenvalue weighted by atomic mass is 16.5. The average Bonchev–Trinajstić information content (AvgIpc) is 2.90. The van der Waals surface area contributed by atoms with Gasteiger partial charge < -0.3 is 14.2 Å². The van der Waals surface area contributed by atoms with Crippen LogP contribution in [0, 0.1) is 0 Å². The van der Waals surface area contributed by atoms with Crippen molar-refractivity contribution in [1.29, 1.82) is 0 Å². The molecule has 6 nitrogen and oxygen atoms in total. The van der Waals surface area contributed by atoms with E-state index >= 15 is 0 Å². The van der Waals surface area contributed by atoms with E-state index in [0.29, 0.717) is 25.0 Å². The van der Waals surface area contributed by atoms with Gasteiger partial charge >= 0.3 is 0 Å². The molecule has 0 aliphatic carbocycles. The normalized spacial score (nSPS) is 15.3. The monoisotopic (exact) mass is 322 g/mol. The smallest absolute Gasteiger partial charge is 0.289 e. The summed E-state index contributed by atoms with van der Waals surface area (Å²) in [5.74, 6) is 0.537. The third-order valence-electron chi connectivity index (χ3n) is 4.50. The lowest BCUT2D eigenvalue weighted by atomic mass is 10.1. The molecule has 130 valence electrons. The third-order valence-corrected chi connectivity index (χ3v) is 4.50. The molecule has 1 aromatic heterocycles. The Bertz CT molecular complexity index is 551. The predicted octanol–water partition coefficient (Wildman–Crippen LogP) is 1.95. The lowest BCUT2D eigenvalue weighted by Gasteiger charge is -2.30. The van der Waals surface area contributed by atoms with Crippen molar-refractivity contribution in [2.24, 2.45) is 0 Å². The molecule has 2 rings (SSSR count). The number of likely N-dealkylation sites (N-methyl/N-ethyl adjacent to an activating group) is 1. The maximum absolute atomic E-state index is 12.8. The maximum Gasteiger partial charge on any atom is 0.289 e. The quantitative estimate of drug-likeness (QED) is 0.803. The molecule has 23 heavy (non-hydrogen) atoms. The SMILES string of the molecule is COCCN(C)C(=O)c1nc2c(n1C(C)C)CCN(C(C)C)C2. The van der Waals surface area contributed by atoms with Gasteiger partial charge in [-0.3, -0.25) is 9.69 Å². The number of carbonyl (C=O) groups excluding carboxylic acids is 1. The fraction of sp³-hybridized carbons (Fsp3) is 0.765. The van der Waals surface area contributed by atoms with Gasteiger partial charge in [0.05, 0.1) is 12.3 Å². The summed E-state index contributed by atoms with van der Waals surface area (Å²) >= 11 is 0. The lowest BCUT2D eigenvalue weighted by molar-refractivity contribution is 0.0725. The van der Waals surface area contributed by atoms with E-state index in [4.69, 9.17) is 9.72 Å². The van der Waals surface area contributed by atoms with Crippen molar-refractivity contribution in [2.75, 3.05) is 33.9 Å². The molecule has 1 aromatic rings. The van der Waals surface area contributed by atoms with Gasteiger partial charge in [0.25, 0.3) is 5.91 Å². The standard InChI is InChI=1S/C17H30N4O2/c1-12(2)20-8-7-15-14(11-20)18-16(21(15)13(3)4)17(22)19(5)9-10-23-6/h12-13H,7-11H2,1-6H3. The molecule has 2 heterocycles. The van der Waals surface area contributed by atoms with Gasteiger partial charge in [0.15, 0.2) is 5.82 Å². The van der Waals surface area contributed by atoms with E-state index in [1.807, 2.05) is 0 Å². The molecule has 1 aliphatic heterocycles. The highest BCUT2D eigenvalue weighted by Crippen LogP contribution is 2.25. The lowest BCUT2D eigenvalue weighted by Crippen LogP contribution is -2.36. The zero-order valence-corrected chi connectivity index (χ0v) is 15.3. The number of ether oxygens (including phenoxy) is 1. The van der Waals surface area contributed by atoms with Gasteiger partial charge in [0.2, 0.25) is 0 Å². The molecule has 0 spiro atoms. The van der Waals surface area contributed by atoms with E-state index in [-0.39, 0.29) is 11.9 Å².